The fourth-order valence-electron chi connectivity index (χ4n) is 2.21. The normalized spacial score (nSPS) is 23.2. The topological polar surface area (TPSA) is 82.5 Å². The van der Waals surface area contributed by atoms with Crippen LogP contribution in [0.1, 0.15) is 43.6 Å². The van der Waals surface area contributed by atoms with Crippen molar-refractivity contribution in [1.29, 1.82) is 0 Å². The molecule has 0 aromatic carbocycles. The van der Waals surface area contributed by atoms with Gasteiger partial charge in [0.2, 0.25) is 5.91 Å². The first-order valence-corrected chi connectivity index (χ1v) is 7.50. The Morgan fingerprint density at radius 1 is 1.45 bits per heavy atom. The van der Waals surface area contributed by atoms with E-state index in [4.69, 9.17) is 0 Å². The summed E-state index contributed by atoms with van der Waals surface area (Å²) in [6.07, 6.45) is 2.05. The summed E-state index contributed by atoms with van der Waals surface area (Å²) in [6, 6.07) is 0. The van der Waals surface area contributed by atoms with Gasteiger partial charge in [-0.25, -0.2) is 4.98 Å². The number of carbonyl (C=O) groups excluding carboxylic acids is 2. The van der Waals surface area contributed by atoms with Gasteiger partial charge in [0.25, 0.3) is 5.91 Å². The van der Waals surface area contributed by atoms with Gasteiger partial charge in [-0.2, -0.15) is 0 Å². The van der Waals surface area contributed by atoms with Crippen LogP contribution in [0.3, 0.4) is 0 Å². The summed E-state index contributed by atoms with van der Waals surface area (Å²) in [5, 5.41) is 14.7. The van der Waals surface area contributed by atoms with Gasteiger partial charge in [0.05, 0.1) is 5.60 Å². The van der Waals surface area contributed by atoms with E-state index in [9.17, 15) is 14.7 Å². The van der Waals surface area contributed by atoms with E-state index in [1.807, 2.05) is 0 Å². The number of hydrogen-bond donors (Lipinski definition) is 2. The van der Waals surface area contributed by atoms with Crippen LogP contribution >= 0.6 is 11.3 Å². The lowest BCUT2D eigenvalue weighted by Gasteiger charge is -2.22. The van der Waals surface area contributed by atoms with Gasteiger partial charge in [-0.1, -0.05) is 0 Å². The fourth-order valence-corrected chi connectivity index (χ4v) is 2.94. The van der Waals surface area contributed by atoms with Crippen molar-refractivity contribution in [2.75, 3.05) is 18.4 Å². The Morgan fingerprint density at radius 3 is 2.90 bits per heavy atom. The van der Waals surface area contributed by atoms with Crippen LogP contribution in [0, 0.1) is 0 Å². The van der Waals surface area contributed by atoms with Crippen molar-refractivity contribution in [2.24, 2.45) is 0 Å². The molecule has 2 amide bonds. The molecule has 0 aliphatic carbocycles. The van der Waals surface area contributed by atoms with Crippen LogP contribution in [-0.2, 0) is 4.79 Å². The molecule has 20 heavy (non-hydrogen) atoms. The summed E-state index contributed by atoms with van der Waals surface area (Å²) >= 11 is 1.24. The summed E-state index contributed by atoms with van der Waals surface area (Å²) in [5.41, 5.74) is -0.348. The van der Waals surface area contributed by atoms with E-state index in [2.05, 4.69) is 10.3 Å². The summed E-state index contributed by atoms with van der Waals surface area (Å²) in [7, 11) is 0. The minimum absolute atomic E-state index is 0.143. The van der Waals surface area contributed by atoms with Crippen LogP contribution in [0.4, 0.5) is 5.13 Å². The maximum Gasteiger partial charge on any atom is 0.273 e. The zero-order valence-electron chi connectivity index (χ0n) is 11.7. The maximum absolute atomic E-state index is 12.3. The number of hydrogen-bond acceptors (Lipinski definition) is 5. The fraction of sp³-hybridized carbons (Fsp3) is 0.615. The quantitative estimate of drug-likeness (QED) is 0.866. The third kappa shape index (κ3) is 3.77. The lowest BCUT2D eigenvalue weighted by atomic mass is 9.98. The number of likely N-dealkylation sites (tertiary alicyclic amines) is 1. The van der Waals surface area contributed by atoms with E-state index in [-0.39, 0.29) is 11.8 Å². The molecular weight excluding hydrogens is 278 g/mol. The molecule has 1 aromatic rings. The molecule has 1 saturated heterocycles. The number of nitrogens with one attached hydrogen (secondary N) is 1. The second-order valence-corrected chi connectivity index (χ2v) is 6.22. The van der Waals surface area contributed by atoms with E-state index >= 15 is 0 Å². The molecule has 2 rings (SSSR count). The number of amides is 2. The zero-order chi connectivity index (χ0) is 14.8. The summed E-state index contributed by atoms with van der Waals surface area (Å²) < 4.78 is 0. The van der Waals surface area contributed by atoms with Gasteiger partial charge < -0.3 is 15.3 Å². The number of anilines is 1. The number of thiazole rings is 1. The van der Waals surface area contributed by atoms with Gasteiger partial charge in [-0.05, 0) is 26.2 Å². The predicted molar refractivity (Wildman–Crippen MR) is 76.8 cm³/mol. The van der Waals surface area contributed by atoms with Crippen molar-refractivity contribution >= 4 is 28.3 Å². The number of carbonyl (C=O) groups is 2. The molecule has 1 aromatic heterocycles. The highest BCUT2D eigenvalue weighted by Gasteiger charge is 2.28. The first-order chi connectivity index (χ1) is 9.37. The van der Waals surface area contributed by atoms with Crippen molar-refractivity contribution in [3.8, 4) is 0 Å². The Kier molecular flexibility index (Phi) is 4.39. The molecule has 110 valence electrons. The molecule has 1 unspecified atom stereocenters. The zero-order valence-corrected chi connectivity index (χ0v) is 12.5. The van der Waals surface area contributed by atoms with Crippen LogP contribution in [0.15, 0.2) is 5.38 Å². The minimum Gasteiger partial charge on any atom is -0.390 e. The third-order valence-electron chi connectivity index (χ3n) is 3.36. The molecule has 0 saturated carbocycles. The Bertz CT molecular complexity index is 513. The Labute approximate surface area is 121 Å². The summed E-state index contributed by atoms with van der Waals surface area (Å²) in [4.78, 5) is 29.1. The number of aliphatic hydroxyl groups is 1. The maximum atomic E-state index is 12.3. The van der Waals surface area contributed by atoms with Gasteiger partial charge in [0.15, 0.2) is 5.13 Å². The third-order valence-corrected chi connectivity index (χ3v) is 4.11. The highest BCUT2D eigenvalue weighted by Crippen LogP contribution is 2.23. The minimum atomic E-state index is -0.696. The molecule has 2 heterocycles. The van der Waals surface area contributed by atoms with Crippen LogP contribution in [0.2, 0.25) is 0 Å². The number of aromatic nitrogens is 1. The Hall–Kier alpha value is -1.47. The Morgan fingerprint density at radius 2 is 2.20 bits per heavy atom. The van der Waals surface area contributed by atoms with Gasteiger partial charge in [0, 0.05) is 25.4 Å². The molecule has 1 aliphatic heterocycles. The average molecular weight is 297 g/mol. The van der Waals surface area contributed by atoms with Crippen LogP contribution < -0.4 is 5.32 Å². The lowest BCUT2D eigenvalue weighted by Crippen LogP contribution is -2.33. The van der Waals surface area contributed by atoms with Crippen LogP contribution in [0.25, 0.3) is 0 Å². The van der Waals surface area contributed by atoms with Crippen molar-refractivity contribution in [3.05, 3.63) is 11.1 Å². The molecule has 0 spiro atoms. The summed E-state index contributed by atoms with van der Waals surface area (Å²) in [6.45, 7) is 4.36. The highest BCUT2D eigenvalue weighted by molar-refractivity contribution is 7.14. The molecule has 1 fully saturated rings. The van der Waals surface area contributed by atoms with Crippen molar-refractivity contribution in [3.63, 3.8) is 0 Å². The first kappa shape index (κ1) is 14.9. The van der Waals surface area contributed by atoms with Crippen LogP contribution in [0.5, 0.6) is 0 Å². The Balaban J connectivity index is 2.03. The van der Waals surface area contributed by atoms with Gasteiger partial charge in [0.1, 0.15) is 5.69 Å². The van der Waals surface area contributed by atoms with E-state index in [0.717, 1.165) is 6.42 Å². The van der Waals surface area contributed by atoms with Gasteiger partial charge in [-0.15, -0.1) is 11.3 Å². The van der Waals surface area contributed by atoms with Crippen LogP contribution in [-0.4, -0.2) is 45.5 Å². The number of rotatable bonds is 2. The molecule has 2 N–H and O–H groups in total. The SMILES string of the molecule is CC(=O)Nc1nc(C(=O)N2CCCC(C)(O)CC2)cs1. The molecular formula is C13H19N3O3S. The van der Waals surface area contributed by atoms with Gasteiger partial charge >= 0.3 is 0 Å². The van der Waals surface area contributed by atoms with E-state index in [1.165, 1.54) is 18.3 Å². The second-order valence-electron chi connectivity index (χ2n) is 5.36. The smallest absolute Gasteiger partial charge is 0.273 e. The average Bonchev–Trinajstić information content (AvgIpc) is 2.72. The standard InChI is InChI=1S/C13H19N3O3S/c1-9(17)14-12-15-10(8-20-12)11(18)16-6-3-4-13(2,19)5-7-16/h8,19H,3-7H2,1-2H3,(H,14,15,17). The molecule has 0 bridgehead atoms. The monoisotopic (exact) mass is 297 g/mol. The summed E-state index contributed by atoms with van der Waals surface area (Å²) in [5.74, 6) is -0.347. The lowest BCUT2D eigenvalue weighted by molar-refractivity contribution is -0.114. The van der Waals surface area contributed by atoms with E-state index in [1.54, 1.807) is 17.2 Å². The number of nitrogens with zero attached hydrogens (tertiary/aromatic N) is 2. The van der Waals surface area contributed by atoms with Crippen molar-refractivity contribution in [2.45, 2.75) is 38.7 Å². The largest absolute Gasteiger partial charge is 0.390 e. The molecule has 7 heteroatoms. The predicted octanol–water partition coefficient (Wildman–Crippen LogP) is 1.48. The van der Waals surface area contributed by atoms with Gasteiger partial charge in [-0.3, -0.25) is 9.59 Å². The molecule has 1 aliphatic rings. The first-order valence-electron chi connectivity index (χ1n) is 6.62. The molecule has 1 atom stereocenters. The van der Waals surface area contributed by atoms with Crippen molar-refractivity contribution in [1.82, 2.24) is 9.88 Å². The highest BCUT2D eigenvalue weighted by atomic mass is 32.1. The molecule has 0 radical (unpaired) electrons. The van der Waals surface area contributed by atoms with E-state index in [0.29, 0.717) is 36.8 Å². The van der Waals surface area contributed by atoms with E-state index < -0.39 is 5.60 Å². The second kappa shape index (κ2) is 5.88. The molecule has 6 nitrogen and oxygen atoms in total. The van der Waals surface area contributed by atoms with Crippen molar-refractivity contribution < 1.29 is 14.7 Å².